The Bertz CT molecular complexity index is 488. The highest BCUT2D eigenvalue weighted by atomic mass is 16.6. The lowest BCUT2D eigenvalue weighted by Crippen LogP contribution is -2.41. The van der Waals surface area contributed by atoms with Gasteiger partial charge in [0.05, 0.1) is 5.71 Å². The summed E-state index contributed by atoms with van der Waals surface area (Å²) in [5, 5.41) is 14.6. The van der Waals surface area contributed by atoms with E-state index in [2.05, 4.69) is 12.1 Å². The van der Waals surface area contributed by atoms with Crippen LogP contribution in [0.2, 0.25) is 0 Å². The van der Waals surface area contributed by atoms with E-state index in [1.807, 2.05) is 6.92 Å². The monoisotopic (exact) mass is 337 g/mol. The van der Waals surface area contributed by atoms with Gasteiger partial charge in [0, 0.05) is 6.42 Å². The molecule has 1 saturated carbocycles. The van der Waals surface area contributed by atoms with Gasteiger partial charge in [-0.05, 0) is 38.5 Å². The number of unbranched alkanes of at least 4 members (excludes halogenated alkanes) is 2. The molecule has 0 bridgehead atoms. The molecular formula is C19H31NO4. The minimum absolute atomic E-state index is 0.117. The minimum Gasteiger partial charge on any atom is -0.511 e. The maximum atomic E-state index is 12.5. The van der Waals surface area contributed by atoms with Gasteiger partial charge in [0.25, 0.3) is 0 Å². The highest BCUT2D eigenvalue weighted by Crippen LogP contribution is 2.39. The van der Waals surface area contributed by atoms with E-state index in [0.29, 0.717) is 25.2 Å². The fourth-order valence-electron chi connectivity index (χ4n) is 3.56. The molecule has 1 aliphatic carbocycles. The van der Waals surface area contributed by atoms with Gasteiger partial charge in [0.2, 0.25) is 0 Å². The third kappa shape index (κ3) is 4.74. The van der Waals surface area contributed by atoms with Crippen LogP contribution in [0, 0.1) is 0 Å². The van der Waals surface area contributed by atoms with Crippen LogP contribution in [0.5, 0.6) is 0 Å². The Hall–Kier alpha value is -1.52. The number of esters is 1. The van der Waals surface area contributed by atoms with Crippen molar-refractivity contribution in [1.29, 1.82) is 0 Å². The molecule has 1 fully saturated rings. The lowest BCUT2D eigenvalue weighted by Gasteiger charge is -2.36. The Morgan fingerprint density at radius 2 is 1.92 bits per heavy atom. The largest absolute Gasteiger partial charge is 0.511 e. The first-order valence-electron chi connectivity index (χ1n) is 9.46. The second-order valence-corrected chi connectivity index (χ2v) is 6.92. The zero-order chi connectivity index (χ0) is 17.4. The van der Waals surface area contributed by atoms with Gasteiger partial charge < -0.3 is 14.7 Å². The maximum absolute atomic E-state index is 12.5. The molecule has 24 heavy (non-hydrogen) atoms. The fraction of sp³-hybridized carbons (Fsp3) is 0.789. The summed E-state index contributed by atoms with van der Waals surface area (Å²) in [4.78, 5) is 17.9. The van der Waals surface area contributed by atoms with Crippen molar-refractivity contribution in [2.75, 3.05) is 6.61 Å². The molecular weight excluding hydrogens is 306 g/mol. The lowest BCUT2D eigenvalue weighted by atomic mass is 9.85. The van der Waals surface area contributed by atoms with Crippen LogP contribution in [0.4, 0.5) is 0 Å². The van der Waals surface area contributed by atoms with Gasteiger partial charge in [0.1, 0.15) is 23.5 Å². The van der Waals surface area contributed by atoms with Gasteiger partial charge in [-0.3, -0.25) is 0 Å². The van der Waals surface area contributed by atoms with E-state index in [1.165, 1.54) is 12.8 Å². The Kier molecular flexibility index (Phi) is 7.13. The third-order valence-electron chi connectivity index (χ3n) is 4.94. The molecule has 0 unspecified atom stereocenters. The van der Waals surface area contributed by atoms with Gasteiger partial charge in [-0.25, -0.2) is 4.79 Å². The molecule has 0 saturated heterocycles. The standard InChI is InChI=1S/C19H31NO4/c1-3-5-10-13-23-20-15(4-2)17-16(21)14-19(24-18(17)22)11-8-6-7-9-12-19/h21H,3-14H2,1-2H3. The number of nitrogens with zero attached hydrogens (tertiary/aromatic N) is 1. The predicted octanol–water partition coefficient (Wildman–Crippen LogP) is 4.81. The number of carbonyl (C=O) groups excluding carboxylic acids is 1. The number of hydrogen-bond acceptors (Lipinski definition) is 5. The van der Waals surface area contributed by atoms with Crippen LogP contribution in [-0.2, 0) is 14.4 Å². The zero-order valence-corrected chi connectivity index (χ0v) is 15.1. The third-order valence-corrected chi connectivity index (χ3v) is 4.94. The molecule has 0 amide bonds. The van der Waals surface area contributed by atoms with Gasteiger partial charge in [-0.2, -0.15) is 0 Å². The molecule has 136 valence electrons. The van der Waals surface area contributed by atoms with E-state index in [1.54, 1.807) is 0 Å². The first-order chi connectivity index (χ1) is 11.6. The van der Waals surface area contributed by atoms with E-state index < -0.39 is 11.6 Å². The van der Waals surface area contributed by atoms with Crippen LogP contribution >= 0.6 is 0 Å². The predicted molar refractivity (Wildman–Crippen MR) is 94.0 cm³/mol. The van der Waals surface area contributed by atoms with Gasteiger partial charge >= 0.3 is 5.97 Å². The number of aliphatic hydroxyl groups excluding tert-OH is 1. The molecule has 0 aromatic heterocycles. The summed E-state index contributed by atoms with van der Waals surface area (Å²) in [5.41, 5.74) is 0.183. The van der Waals surface area contributed by atoms with E-state index in [0.717, 1.165) is 44.9 Å². The highest BCUT2D eigenvalue weighted by molar-refractivity contribution is 6.20. The zero-order valence-electron chi connectivity index (χ0n) is 15.1. The van der Waals surface area contributed by atoms with Gasteiger partial charge in [-0.15, -0.1) is 0 Å². The van der Waals surface area contributed by atoms with Crippen LogP contribution in [-0.4, -0.2) is 29.0 Å². The van der Waals surface area contributed by atoms with Crippen LogP contribution < -0.4 is 0 Å². The summed E-state index contributed by atoms with van der Waals surface area (Å²) in [7, 11) is 0. The second-order valence-electron chi connectivity index (χ2n) is 6.92. The normalized spacial score (nSPS) is 21.6. The molecule has 2 rings (SSSR count). The van der Waals surface area contributed by atoms with Crippen molar-refractivity contribution in [3.05, 3.63) is 11.3 Å². The van der Waals surface area contributed by atoms with Crippen molar-refractivity contribution in [3.8, 4) is 0 Å². The average Bonchev–Trinajstić information content (AvgIpc) is 2.77. The Labute approximate surface area is 145 Å². The van der Waals surface area contributed by atoms with Crippen LogP contribution in [0.1, 0.15) is 84.5 Å². The van der Waals surface area contributed by atoms with Crippen molar-refractivity contribution in [2.45, 2.75) is 90.1 Å². The van der Waals surface area contributed by atoms with Crippen molar-refractivity contribution in [3.63, 3.8) is 0 Å². The highest BCUT2D eigenvalue weighted by Gasteiger charge is 2.43. The number of aliphatic hydroxyl groups is 1. The Morgan fingerprint density at radius 3 is 2.50 bits per heavy atom. The summed E-state index contributed by atoms with van der Waals surface area (Å²) >= 11 is 0. The SMILES string of the molecule is CCCCCON=C(CC)C1=C(O)CC2(CCCCCC2)OC1=O. The average molecular weight is 337 g/mol. The molecule has 5 heteroatoms. The first kappa shape index (κ1) is 18.8. The molecule has 1 aliphatic heterocycles. The smallest absolute Gasteiger partial charge is 0.344 e. The number of hydrogen-bond donors (Lipinski definition) is 1. The van der Waals surface area contributed by atoms with E-state index in [4.69, 9.17) is 9.57 Å². The van der Waals surface area contributed by atoms with E-state index in [-0.39, 0.29) is 11.3 Å². The first-order valence-corrected chi connectivity index (χ1v) is 9.46. The topological polar surface area (TPSA) is 68.1 Å². The van der Waals surface area contributed by atoms with Crippen LogP contribution in [0.3, 0.4) is 0 Å². The van der Waals surface area contributed by atoms with E-state index >= 15 is 0 Å². The quantitative estimate of drug-likeness (QED) is 0.313. The van der Waals surface area contributed by atoms with Crippen molar-refractivity contribution in [1.82, 2.24) is 0 Å². The number of rotatable bonds is 7. The molecule has 0 radical (unpaired) electrons. The summed E-state index contributed by atoms with van der Waals surface area (Å²) in [5.74, 6) is -0.329. The summed E-state index contributed by atoms with van der Waals surface area (Å²) in [6.45, 7) is 4.56. The number of carbonyl (C=O) groups is 1. The van der Waals surface area contributed by atoms with Gasteiger partial charge in [0.15, 0.2) is 0 Å². The van der Waals surface area contributed by atoms with Crippen molar-refractivity contribution >= 4 is 11.7 Å². The van der Waals surface area contributed by atoms with Gasteiger partial charge in [-0.1, -0.05) is 44.7 Å². The van der Waals surface area contributed by atoms with Crippen LogP contribution in [0.15, 0.2) is 16.5 Å². The molecule has 0 aromatic carbocycles. The number of oxime groups is 1. The molecule has 1 N–H and O–H groups in total. The fourth-order valence-corrected chi connectivity index (χ4v) is 3.56. The molecule has 5 nitrogen and oxygen atoms in total. The van der Waals surface area contributed by atoms with Crippen molar-refractivity contribution < 1.29 is 19.5 Å². The molecule has 0 atom stereocenters. The second kappa shape index (κ2) is 9.09. The summed E-state index contributed by atoms with van der Waals surface area (Å²) in [6.07, 6.45) is 10.2. The minimum atomic E-state index is -0.512. The molecule has 0 aromatic rings. The van der Waals surface area contributed by atoms with E-state index in [9.17, 15) is 9.90 Å². The lowest BCUT2D eigenvalue weighted by molar-refractivity contribution is -0.159. The molecule has 1 heterocycles. The molecule has 2 aliphatic rings. The Morgan fingerprint density at radius 1 is 1.21 bits per heavy atom. The van der Waals surface area contributed by atoms with Crippen molar-refractivity contribution in [2.24, 2.45) is 5.16 Å². The Balaban J connectivity index is 2.09. The molecule has 1 spiro atoms. The summed E-state index contributed by atoms with van der Waals surface area (Å²) < 4.78 is 5.81. The summed E-state index contributed by atoms with van der Waals surface area (Å²) in [6, 6.07) is 0. The van der Waals surface area contributed by atoms with Crippen LogP contribution in [0.25, 0.3) is 0 Å². The maximum Gasteiger partial charge on any atom is 0.344 e. The number of ether oxygens (including phenoxy) is 1.